The molecule has 0 amide bonds. The molecule has 0 aliphatic rings. The van der Waals surface area contributed by atoms with Crippen LogP contribution in [0.4, 0.5) is 0 Å². The Bertz CT molecular complexity index is 554. The average molecular weight is 217 g/mol. The fraction of sp³-hybridized carbons (Fsp3) is 0.167. The summed E-state index contributed by atoms with van der Waals surface area (Å²) >= 11 is 0. The Labute approximate surface area is 92.5 Å². The molecule has 0 bridgehead atoms. The van der Waals surface area contributed by atoms with Crippen molar-refractivity contribution in [3.05, 3.63) is 35.7 Å². The molecule has 0 saturated carbocycles. The molecular formula is C12H11NO3. The van der Waals surface area contributed by atoms with Gasteiger partial charge in [0, 0.05) is 13.0 Å². The molecule has 0 atom stereocenters. The van der Waals surface area contributed by atoms with Crippen molar-refractivity contribution in [3.63, 3.8) is 0 Å². The highest BCUT2D eigenvalue weighted by Gasteiger charge is 2.01. The lowest BCUT2D eigenvalue weighted by molar-refractivity contribution is -0.134. The van der Waals surface area contributed by atoms with Gasteiger partial charge < -0.3 is 9.15 Å². The van der Waals surface area contributed by atoms with E-state index in [1.54, 1.807) is 13.0 Å². The van der Waals surface area contributed by atoms with E-state index in [0.29, 0.717) is 5.89 Å². The molecule has 0 aliphatic heterocycles. The summed E-state index contributed by atoms with van der Waals surface area (Å²) in [6.45, 7) is 1.80. The number of methoxy groups -OCH3 is 1. The number of carbonyl (C=O) groups is 1. The number of nitrogens with zero attached hydrogens (tertiary/aromatic N) is 1. The highest BCUT2D eigenvalue weighted by molar-refractivity contribution is 5.88. The van der Waals surface area contributed by atoms with Crippen LogP contribution in [0.5, 0.6) is 0 Å². The van der Waals surface area contributed by atoms with E-state index < -0.39 is 0 Å². The van der Waals surface area contributed by atoms with Crippen LogP contribution in [0, 0.1) is 6.92 Å². The lowest BCUT2D eigenvalue weighted by Gasteiger charge is -1.92. The minimum absolute atomic E-state index is 0.378. The molecule has 82 valence electrons. The van der Waals surface area contributed by atoms with Gasteiger partial charge in [-0.1, -0.05) is 6.07 Å². The fourth-order valence-electron chi connectivity index (χ4n) is 1.40. The first kappa shape index (κ1) is 10.4. The molecule has 0 fully saturated rings. The van der Waals surface area contributed by atoms with Crippen LogP contribution in [0.15, 0.2) is 28.7 Å². The van der Waals surface area contributed by atoms with E-state index in [2.05, 4.69) is 9.72 Å². The van der Waals surface area contributed by atoms with Crippen LogP contribution in [0.3, 0.4) is 0 Å². The zero-order chi connectivity index (χ0) is 11.5. The van der Waals surface area contributed by atoms with Gasteiger partial charge in [-0.25, -0.2) is 9.78 Å². The molecule has 16 heavy (non-hydrogen) atoms. The van der Waals surface area contributed by atoms with Crippen molar-refractivity contribution in [1.29, 1.82) is 0 Å². The second-order valence-electron chi connectivity index (χ2n) is 3.32. The molecule has 4 heteroatoms. The van der Waals surface area contributed by atoms with Gasteiger partial charge in [-0.05, 0) is 23.8 Å². The minimum atomic E-state index is -0.378. The topological polar surface area (TPSA) is 52.3 Å². The zero-order valence-corrected chi connectivity index (χ0v) is 9.06. The summed E-state index contributed by atoms with van der Waals surface area (Å²) in [5.74, 6) is 0.250. The number of fused-ring (bicyclic) bond motifs is 1. The van der Waals surface area contributed by atoms with Crippen molar-refractivity contribution in [1.82, 2.24) is 4.98 Å². The Kier molecular flexibility index (Phi) is 2.72. The molecule has 0 unspecified atom stereocenters. The minimum Gasteiger partial charge on any atom is -0.466 e. The van der Waals surface area contributed by atoms with Crippen LogP contribution >= 0.6 is 0 Å². The molecule has 2 rings (SSSR count). The van der Waals surface area contributed by atoms with Crippen LogP contribution < -0.4 is 0 Å². The van der Waals surface area contributed by atoms with E-state index in [9.17, 15) is 4.79 Å². The van der Waals surface area contributed by atoms with Gasteiger partial charge in [-0.15, -0.1) is 0 Å². The third kappa shape index (κ3) is 2.11. The smallest absolute Gasteiger partial charge is 0.330 e. The number of aryl methyl sites for hydroxylation is 1. The summed E-state index contributed by atoms with van der Waals surface area (Å²) in [6, 6.07) is 5.53. The maximum Gasteiger partial charge on any atom is 0.330 e. The normalized spacial score (nSPS) is 11.1. The van der Waals surface area contributed by atoms with Crippen molar-refractivity contribution < 1.29 is 13.9 Å². The Hall–Kier alpha value is -2.10. The number of rotatable bonds is 2. The third-order valence-electron chi connectivity index (χ3n) is 2.13. The number of aromatic nitrogens is 1. The second kappa shape index (κ2) is 4.18. The molecule has 1 aromatic carbocycles. The van der Waals surface area contributed by atoms with Crippen molar-refractivity contribution >= 4 is 23.1 Å². The summed E-state index contributed by atoms with van der Waals surface area (Å²) in [6.07, 6.45) is 3.05. The molecular weight excluding hydrogens is 206 g/mol. The Balaban J connectivity index is 2.32. The van der Waals surface area contributed by atoms with E-state index in [-0.39, 0.29) is 5.97 Å². The monoisotopic (exact) mass is 217 g/mol. The zero-order valence-electron chi connectivity index (χ0n) is 9.06. The van der Waals surface area contributed by atoms with E-state index in [4.69, 9.17) is 4.42 Å². The lowest BCUT2D eigenvalue weighted by Crippen LogP contribution is -1.93. The molecule has 4 nitrogen and oxygen atoms in total. The molecule has 1 aromatic heterocycles. The summed E-state index contributed by atoms with van der Waals surface area (Å²) in [5, 5.41) is 0. The van der Waals surface area contributed by atoms with Crippen molar-refractivity contribution in [2.45, 2.75) is 6.92 Å². The third-order valence-corrected chi connectivity index (χ3v) is 2.13. The predicted molar refractivity (Wildman–Crippen MR) is 59.8 cm³/mol. The Morgan fingerprint density at radius 3 is 3.06 bits per heavy atom. The highest BCUT2D eigenvalue weighted by Crippen LogP contribution is 2.17. The van der Waals surface area contributed by atoms with Gasteiger partial charge in [-0.3, -0.25) is 0 Å². The van der Waals surface area contributed by atoms with Crippen LogP contribution in [-0.4, -0.2) is 18.1 Å². The van der Waals surface area contributed by atoms with E-state index in [1.165, 1.54) is 13.2 Å². The van der Waals surface area contributed by atoms with Gasteiger partial charge in [0.05, 0.1) is 7.11 Å². The standard InChI is InChI=1S/C12H11NO3/c1-8-13-10-7-9(3-5-11(10)16-8)4-6-12(14)15-2/h3-7H,1-2H3. The van der Waals surface area contributed by atoms with E-state index >= 15 is 0 Å². The second-order valence-corrected chi connectivity index (χ2v) is 3.32. The van der Waals surface area contributed by atoms with Crippen LogP contribution in [-0.2, 0) is 9.53 Å². The first-order chi connectivity index (χ1) is 7.69. The van der Waals surface area contributed by atoms with Crippen molar-refractivity contribution in [2.75, 3.05) is 7.11 Å². The van der Waals surface area contributed by atoms with Gasteiger partial charge >= 0.3 is 5.97 Å². The van der Waals surface area contributed by atoms with Gasteiger partial charge in [0.1, 0.15) is 5.52 Å². The molecule has 1 heterocycles. The maximum atomic E-state index is 10.9. The van der Waals surface area contributed by atoms with E-state index in [0.717, 1.165) is 16.7 Å². The fourth-order valence-corrected chi connectivity index (χ4v) is 1.40. The van der Waals surface area contributed by atoms with Crippen LogP contribution in [0.2, 0.25) is 0 Å². The van der Waals surface area contributed by atoms with Crippen molar-refractivity contribution in [2.24, 2.45) is 0 Å². The van der Waals surface area contributed by atoms with Gasteiger partial charge in [-0.2, -0.15) is 0 Å². The predicted octanol–water partition coefficient (Wildman–Crippen LogP) is 2.32. The molecule has 2 aromatic rings. The van der Waals surface area contributed by atoms with Crippen LogP contribution in [0.25, 0.3) is 17.2 Å². The largest absolute Gasteiger partial charge is 0.466 e. The summed E-state index contributed by atoms with van der Waals surface area (Å²) in [5.41, 5.74) is 2.41. The number of hydrogen-bond acceptors (Lipinski definition) is 4. The summed E-state index contributed by atoms with van der Waals surface area (Å²) < 4.78 is 9.85. The molecule has 0 spiro atoms. The first-order valence-corrected chi connectivity index (χ1v) is 4.82. The summed E-state index contributed by atoms with van der Waals surface area (Å²) in [4.78, 5) is 15.1. The van der Waals surface area contributed by atoms with Gasteiger partial charge in [0.15, 0.2) is 11.5 Å². The lowest BCUT2D eigenvalue weighted by atomic mass is 10.2. The molecule has 0 aliphatic carbocycles. The number of esters is 1. The van der Waals surface area contributed by atoms with E-state index in [1.807, 2.05) is 18.2 Å². The SMILES string of the molecule is COC(=O)C=Cc1ccc2oc(C)nc2c1. The number of ether oxygens (including phenoxy) is 1. The molecule has 0 N–H and O–H groups in total. The highest BCUT2D eigenvalue weighted by atomic mass is 16.5. The number of carbonyl (C=O) groups excluding carboxylic acids is 1. The van der Waals surface area contributed by atoms with Crippen LogP contribution in [0.1, 0.15) is 11.5 Å². The quantitative estimate of drug-likeness (QED) is 0.572. The van der Waals surface area contributed by atoms with Crippen molar-refractivity contribution in [3.8, 4) is 0 Å². The van der Waals surface area contributed by atoms with Gasteiger partial charge in [0.2, 0.25) is 0 Å². The van der Waals surface area contributed by atoms with Gasteiger partial charge in [0.25, 0.3) is 0 Å². The number of oxazole rings is 1. The number of hydrogen-bond donors (Lipinski definition) is 0. The Morgan fingerprint density at radius 2 is 2.31 bits per heavy atom. The average Bonchev–Trinajstić information content (AvgIpc) is 2.65. The first-order valence-electron chi connectivity index (χ1n) is 4.82. The Morgan fingerprint density at radius 1 is 1.50 bits per heavy atom. The summed E-state index contributed by atoms with van der Waals surface area (Å²) in [7, 11) is 1.34. The number of benzene rings is 1. The molecule has 0 radical (unpaired) electrons. The maximum absolute atomic E-state index is 10.9. The molecule has 0 saturated heterocycles.